The summed E-state index contributed by atoms with van der Waals surface area (Å²) in [5.41, 5.74) is 0.0736. The number of hydrogen-bond donors (Lipinski definition) is 1. The molecule has 0 aliphatic carbocycles. The minimum Gasteiger partial charge on any atom is -0.312 e. The van der Waals surface area contributed by atoms with E-state index in [4.69, 9.17) is 0 Å². The summed E-state index contributed by atoms with van der Waals surface area (Å²) in [6, 6.07) is 0. The lowest BCUT2D eigenvalue weighted by atomic mass is 10.0. The van der Waals surface area contributed by atoms with Crippen molar-refractivity contribution in [2.45, 2.75) is 52.5 Å². The molecule has 17 heavy (non-hydrogen) atoms. The summed E-state index contributed by atoms with van der Waals surface area (Å²) in [5, 5.41) is 3.39. The first-order chi connectivity index (χ1) is 7.79. The Morgan fingerprint density at radius 1 is 1.24 bits per heavy atom. The quantitative estimate of drug-likeness (QED) is 0.758. The Morgan fingerprint density at radius 3 is 2.24 bits per heavy atom. The average molecular weight is 240 g/mol. The number of nitrogens with one attached hydrogen (secondary N) is 1. The van der Waals surface area contributed by atoms with Gasteiger partial charge in [-0.3, -0.25) is 14.5 Å². The van der Waals surface area contributed by atoms with Gasteiger partial charge >= 0.3 is 0 Å². The number of carbonyl (C=O) groups is 2. The minimum absolute atomic E-state index is 0.0103. The van der Waals surface area contributed by atoms with E-state index in [1.165, 1.54) is 4.90 Å². The van der Waals surface area contributed by atoms with Crippen molar-refractivity contribution in [3.8, 4) is 0 Å². The summed E-state index contributed by atoms with van der Waals surface area (Å²) >= 11 is 0. The van der Waals surface area contributed by atoms with Crippen molar-refractivity contribution in [3.63, 3.8) is 0 Å². The Bertz CT molecular complexity index is 278. The summed E-state index contributed by atoms with van der Waals surface area (Å²) in [7, 11) is 0. The average Bonchev–Trinajstić information content (AvgIpc) is 2.20. The first-order valence-electron chi connectivity index (χ1n) is 6.38. The number of hydrogen-bond acceptors (Lipinski definition) is 3. The normalized spacial score (nSPS) is 19.6. The Labute approximate surface area is 104 Å². The predicted molar refractivity (Wildman–Crippen MR) is 67.5 cm³/mol. The van der Waals surface area contributed by atoms with Crippen LogP contribution < -0.4 is 5.32 Å². The number of imide groups is 1. The van der Waals surface area contributed by atoms with Gasteiger partial charge in [-0.15, -0.1) is 0 Å². The zero-order valence-corrected chi connectivity index (χ0v) is 11.4. The van der Waals surface area contributed by atoms with Crippen molar-refractivity contribution < 1.29 is 9.59 Å². The maximum Gasteiger partial charge on any atom is 0.229 e. The van der Waals surface area contributed by atoms with E-state index in [9.17, 15) is 9.59 Å². The van der Waals surface area contributed by atoms with E-state index >= 15 is 0 Å². The molecule has 1 unspecified atom stereocenters. The van der Waals surface area contributed by atoms with Gasteiger partial charge in [-0.05, 0) is 39.7 Å². The predicted octanol–water partition coefficient (Wildman–Crippen LogP) is 1.55. The second-order valence-corrected chi connectivity index (χ2v) is 5.99. The van der Waals surface area contributed by atoms with E-state index in [-0.39, 0.29) is 17.4 Å². The standard InChI is InChI=1S/C13H24N2O2/c1-10(8-14-13(2,3)4)9-15-11(16)6-5-7-12(15)17/h10,14H,5-9H2,1-4H3. The maximum atomic E-state index is 11.6. The van der Waals surface area contributed by atoms with Crippen LogP contribution in [0, 0.1) is 5.92 Å². The second kappa shape index (κ2) is 5.63. The molecule has 2 amide bonds. The summed E-state index contributed by atoms with van der Waals surface area (Å²) < 4.78 is 0. The summed E-state index contributed by atoms with van der Waals surface area (Å²) in [4.78, 5) is 24.7. The molecule has 0 bridgehead atoms. The molecule has 0 aromatic carbocycles. The summed E-state index contributed by atoms with van der Waals surface area (Å²) in [5.74, 6) is 0.271. The van der Waals surface area contributed by atoms with Gasteiger partial charge in [-0.1, -0.05) is 6.92 Å². The highest BCUT2D eigenvalue weighted by atomic mass is 16.2. The monoisotopic (exact) mass is 240 g/mol. The molecule has 98 valence electrons. The molecule has 0 spiro atoms. The van der Waals surface area contributed by atoms with Crippen molar-refractivity contribution in [1.29, 1.82) is 0 Å². The number of piperidine rings is 1. The third kappa shape index (κ3) is 4.86. The SMILES string of the molecule is CC(CNC(C)(C)C)CN1C(=O)CCCC1=O. The van der Waals surface area contributed by atoms with Crippen LogP contribution in [-0.4, -0.2) is 35.3 Å². The molecule has 0 aromatic heterocycles. The fraction of sp³-hybridized carbons (Fsp3) is 0.846. The number of rotatable bonds is 4. The van der Waals surface area contributed by atoms with Crippen molar-refractivity contribution in [2.75, 3.05) is 13.1 Å². The van der Waals surface area contributed by atoms with Gasteiger partial charge in [0.15, 0.2) is 0 Å². The largest absolute Gasteiger partial charge is 0.312 e. The fourth-order valence-corrected chi connectivity index (χ4v) is 1.86. The lowest BCUT2D eigenvalue weighted by Crippen LogP contribution is -2.46. The van der Waals surface area contributed by atoms with Gasteiger partial charge in [0.2, 0.25) is 11.8 Å². The third-order valence-corrected chi connectivity index (χ3v) is 2.86. The van der Waals surface area contributed by atoms with Crippen molar-refractivity contribution in [1.82, 2.24) is 10.2 Å². The topological polar surface area (TPSA) is 49.4 Å². The smallest absolute Gasteiger partial charge is 0.229 e. The van der Waals surface area contributed by atoms with Crippen LogP contribution in [0.2, 0.25) is 0 Å². The second-order valence-electron chi connectivity index (χ2n) is 5.99. The van der Waals surface area contributed by atoms with Gasteiger partial charge in [0, 0.05) is 24.9 Å². The number of amides is 2. The zero-order valence-electron chi connectivity index (χ0n) is 11.4. The van der Waals surface area contributed by atoms with Crippen molar-refractivity contribution >= 4 is 11.8 Å². The van der Waals surface area contributed by atoms with Gasteiger partial charge in [0.25, 0.3) is 0 Å². The first-order valence-corrected chi connectivity index (χ1v) is 6.38. The van der Waals surface area contributed by atoms with E-state index in [0.29, 0.717) is 31.7 Å². The van der Waals surface area contributed by atoms with Gasteiger partial charge in [0.1, 0.15) is 0 Å². The highest BCUT2D eigenvalue weighted by Gasteiger charge is 2.27. The Morgan fingerprint density at radius 2 is 1.76 bits per heavy atom. The molecule has 1 aliphatic heterocycles. The van der Waals surface area contributed by atoms with Crippen molar-refractivity contribution in [3.05, 3.63) is 0 Å². The summed E-state index contributed by atoms with van der Waals surface area (Å²) in [6.07, 6.45) is 1.75. The van der Waals surface area contributed by atoms with Crippen LogP contribution in [0.1, 0.15) is 47.0 Å². The van der Waals surface area contributed by atoms with Crippen LogP contribution in [0.15, 0.2) is 0 Å². The van der Waals surface area contributed by atoms with E-state index < -0.39 is 0 Å². The molecule has 1 heterocycles. The minimum atomic E-state index is -0.0103. The molecule has 1 N–H and O–H groups in total. The van der Waals surface area contributed by atoms with Crippen LogP contribution in [0.5, 0.6) is 0 Å². The van der Waals surface area contributed by atoms with Crippen LogP contribution in [0.4, 0.5) is 0 Å². The fourth-order valence-electron chi connectivity index (χ4n) is 1.86. The molecular weight excluding hydrogens is 216 g/mol. The molecule has 0 radical (unpaired) electrons. The lowest BCUT2D eigenvalue weighted by molar-refractivity contribution is -0.148. The number of likely N-dealkylation sites (tertiary alicyclic amines) is 1. The van der Waals surface area contributed by atoms with E-state index in [1.54, 1.807) is 0 Å². The summed E-state index contributed by atoms with van der Waals surface area (Å²) in [6.45, 7) is 9.75. The number of nitrogens with zero attached hydrogens (tertiary/aromatic N) is 1. The molecule has 1 aliphatic rings. The first kappa shape index (κ1) is 14.2. The van der Waals surface area contributed by atoms with Crippen LogP contribution in [0.3, 0.4) is 0 Å². The van der Waals surface area contributed by atoms with Crippen LogP contribution in [-0.2, 0) is 9.59 Å². The van der Waals surface area contributed by atoms with Crippen molar-refractivity contribution in [2.24, 2.45) is 5.92 Å². The third-order valence-electron chi connectivity index (χ3n) is 2.86. The molecule has 1 fully saturated rings. The molecule has 0 saturated carbocycles. The van der Waals surface area contributed by atoms with E-state index in [1.807, 2.05) is 0 Å². The highest BCUT2D eigenvalue weighted by molar-refractivity contribution is 5.97. The van der Waals surface area contributed by atoms with E-state index in [0.717, 1.165) is 6.54 Å². The molecule has 1 rings (SSSR count). The Hall–Kier alpha value is -0.900. The lowest BCUT2D eigenvalue weighted by Gasteiger charge is -2.29. The van der Waals surface area contributed by atoms with Crippen LogP contribution >= 0.6 is 0 Å². The molecule has 0 aromatic rings. The van der Waals surface area contributed by atoms with Gasteiger partial charge < -0.3 is 5.32 Å². The molecule has 1 atom stereocenters. The zero-order chi connectivity index (χ0) is 13.1. The molecule has 4 heteroatoms. The van der Waals surface area contributed by atoms with Gasteiger partial charge in [0.05, 0.1) is 0 Å². The Kier molecular flexibility index (Phi) is 4.69. The maximum absolute atomic E-state index is 11.6. The highest BCUT2D eigenvalue weighted by Crippen LogP contribution is 2.14. The Balaban J connectivity index is 2.41. The molecular formula is C13H24N2O2. The molecule has 4 nitrogen and oxygen atoms in total. The van der Waals surface area contributed by atoms with Crippen LogP contribution in [0.25, 0.3) is 0 Å². The number of carbonyl (C=O) groups excluding carboxylic acids is 2. The van der Waals surface area contributed by atoms with Gasteiger partial charge in [-0.25, -0.2) is 0 Å². The van der Waals surface area contributed by atoms with E-state index in [2.05, 4.69) is 33.0 Å². The molecule has 1 saturated heterocycles. The van der Waals surface area contributed by atoms with Gasteiger partial charge in [-0.2, -0.15) is 0 Å².